The summed E-state index contributed by atoms with van der Waals surface area (Å²) in [5.74, 6) is -0.0117. The fourth-order valence-electron chi connectivity index (χ4n) is 3.62. The number of carbonyl (C=O) groups excluding carboxylic acids is 1. The first-order chi connectivity index (χ1) is 14.1. The van der Waals surface area contributed by atoms with Gasteiger partial charge in [0.1, 0.15) is 5.69 Å². The fourth-order valence-corrected chi connectivity index (χ4v) is 3.62. The third kappa shape index (κ3) is 4.40. The molecule has 29 heavy (non-hydrogen) atoms. The van der Waals surface area contributed by atoms with Gasteiger partial charge in [-0.1, -0.05) is 30.3 Å². The molecule has 5 heteroatoms. The van der Waals surface area contributed by atoms with E-state index in [-0.39, 0.29) is 5.91 Å². The summed E-state index contributed by atoms with van der Waals surface area (Å²) in [6.07, 6.45) is 1.70. The standard InChI is InChI=1S/C24H26N4O/c1-18-8-9-19(2)22(16-18)26-20-10-11-25-23(17-20)24(29)28-14-12-27(13-15-28)21-6-4-3-5-7-21/h3-11,16-17H,12-15H2,1-2H3,(H,25,26). The van der Waals surface area contributed by atoms with Gasteiger partial charge in [-0.25, -0.2) is 0 Å². The van der Waals surface area contributed by atoms with Crippen molar-refractivity contribution in [3.63, 3.8) is 0 Å². The van der Waals surface area contributed by atoms with Crippen molar-refractivity contribution in [3.8, 4) is 0 Å². The molecule has 0 aliphatic carbocycles. The van der Waals surface area contributed by atoms with Crippen LogP contribution in [0.5, 0.6) is 0 Å². The maximum Gasteiger partial charge on any atom is 0.272 e. The number of hydrogen-bond acceptors (Lipinski definition) is 4. The zero-order valence-electron chi connectivity index (χ0n) is 16.9. The lowest BCUT2D eigenvalue weighted by molar-refractivity contribution is 0.0741. The van der Waals surface area contributed by atoms with Gasteiger partial charge in [0.2, 0.25) is 0 Å². The number of carbonyl (C=O) groups is 1. The highest BCUT2D eigenvalue weighted by Crippen LogP contribution is 2.23. The summed E-state index contributed by atoms with van der Waals surface area (Å²) in [7, 11) is 0. The first kappa shape index (κ1) is 19.0. The highest BCUT2D eigenvalue weighted by atomic mass is 16.2. The van der Waals surface area contributed by atoms with E-state index in [1.54, 1.807) is 6.20 Å². The summed E-state index contributed by atoms with van der Waals surface area (Å²) in [6.45, 7) is 7.20. The number of hydrogen-bond donors (Lipinski definition) is 1. The van der Waals surface area contributed by atoms with Gasteiger partial charge in [0.15, 0.2) is 0 Å². The second-order valence-corrected chi connectivity index (χ2v) is 7.49. The van der Waals surface area contributed by atoms with Crippen molar-refractivity contribution in [1.82, 2.24) is 9.88 Å². The Morgan fingerprint density at radius 3 is 2.45 bits per heavy atom. The zero-order valence-corrected chi connectivity index (χ0v) is 16.9. The molecule has 4 rings (SSSR count). The van der Waals surface area contributed by atoms with Crippen molar-refractivity contribution in [1.29, 1.82) is 0 Å². The van der Waals surface area contributed by atoms with Crippen LogP contribution in [0.25, 0.3) is 0 Å². The van der Waals surface area contributed by atoms with Crippen LogP contribution in [0.2, 0.25) is 0 Å². The van der Waals surface area contributed by atoms with Gasteiger partial charge in [-0.3, -0.25) is 9.78 Å². The molecular weight excluding hydrogens is 360 g/mol. The fraction of sp³-hybridized carbons (Fsp3) is 0.250. The molecule has 0 atom stereocenters. The number of aromatic nitrogens is 1. The molecular formula is C24H26N4O. The molecule has 0 saturated carbocycles. The summed E-state index contributed by atoms with van der Waals surface area (Å²) in [5, 5.41) is 3.42. The molecule has 1 aliphatic heterocycles. The lowest BCUT2D eigenvalue weighted by atomic mass is 10.1. The predicted octanol–water partition coefficient (Wildman–Crippen LogP) is 4.40. The Morgan fingerprint density at radius 2 is 1.69 bits per heavy atom. The lowest BCUT2D eigenvalue weighted by Gasteiger charge is -2.36. The van der Waals surface area contributed by atoms with Crippen LogP contribution >= 0.6 is 0 Å². The third-order valence-corrected chi connectivity index (χ3v) is 5.34. The molecule has 1 aliphatic rings. The minimum atomic E-state index is -0.0117. The molecule has 1 aromatic heterocycles. The van der Waals surface area contributed by atoms with Crippen molar-refractivity contribution < 1.29 is 4.79 Å². The normalized spacial score (nSPS) is 14.0. The molecule has 1 N–H and O–H groups in total. The van der Waals surface area contributed by atoms with Crippen molar-refractivity contribution in [3.05, 3.63) is 83.7 Å². The van der Waals surface area contributed by atoms with Gasteiger partial charge >= 0.3 is 0 Å². The summed E-state index contributed by atoms with van der Waals surface area (Å²) in [5.41, 5.74) is 5.97. The monoisotopic (exact) mass is 386 g/mol. The van der Waals surface area contributed by atoms with E-state index >= 15 is 0 Å². The quantitative estimate of drug-likeness (QED) is 0.722. The summed E-state index contributed by atoms with van der Waals surface area (Å²) < 4.78 is 0. The van der Waals surface area contributed by atoms with Crippen LogP contribution in [-0.4, -0.2) is 42.0 Å². The van der Waals surface area contributed by atoms with Gasteiger partial charge in [0, 0.05) is 49.4 Å². The molecule has 0 radical (unpaired) electrons. The number of anilines is 3. The lowest BCUT2D eigenvalue weighted by Crippen LogP contribution is -2.49. The van der Waals surface area contributed by atoms with E-state index in [1.807, 2.05) is 35.2 Å². The van der Waals surface area contributed by atoms with Gasteiger partial charge in [-0.2, -0.15) is 0 Å². The minimum absolute atomic E-state index is 0.0117. The molecule has 5 nitrogen and oxygen atoms in total. The van der Waals surface area contributed by atoms with Crippen LogP contribution < -0.4 is 10.2 Å². The summed E-state index contributed by atoms with van der Waals surface area (Å²) >= 11 is 0. The number of nitrogens with zero attached hydrogens (tertiary/aromatic N) is 3. The van der Waals surface area contributed by atoms with Gasteiger partial charge in [0.25, 0.3) is 5.91 Å². The Morgan fingerprint density at radius 1 is 0.931 bits per heavy atom. The van der Waals surface area contributed by atoms with Crippen molar-refractivity contribution >= 4 is 23.0 Å². The van der Waals surface area contributed by atoms with E-state index in [0.717, 1.165) is 30.0 Å². The van der Waals surface area contributed by atoms with E-state index < -0.39 is 0 Å². The molecule has 148 valence electrons. The zero-order chi connectivity index (χ0) is 20.2. The van der Waals surface area contributed by atoms with E-state index in [4.69, 9.17) is 0 Å². The predicted molar refractivity (Wildman–Crippen MR) is 118 cm³/mol. The van der Waals surface area contributed by atoms with Crippen LogP contribution in [-0.2, 0) is 0 Å². The Kier molecular flexibility index (Phi) is 5.47. The molecule has 3 aromatic rings. The summed E-state index contributed by atoms with van der Waals surface area (Å²) in [6, 6.07) is 20.4. The average Bonchev–Trinajstić information content (AvgIpc) is 2.77. The first-order valence-corrected chi connectivity index (χ1v) is 10.00. The molecule has 1 fully saturated rings. The maximum atomic E-state index is 13.0. The molecule has 0 unspecified atom stereocenters. The Labute approximate surface area is 172 Å². The number of amides is 1. The smallest absolute Gasteiger partial charge is 0.272 e. The molecule has 0 bridgehead atoms. The largest absolute Gasteiger partial charge is 0.368 e. The highest BCUT2D eigenvalue weighted by Gasteiger charge is 2.23. The Bertz CT molecular complexity index is 995. The van der Waals surface area contributed by atoms with Crippen LogP contribution in [0.15, 0.2) is 66.9 Å². The number of nitrogens with one attached hydrogen (secondary N) is 1. The number of rotatable bonds is 4. The first-order valence-electron chi connectivity index (χ1n) is 10.00. The van der Waals surface area contributed by atoms with E-state index in [1.165, 1.54) is 11.3 Å². The van der Waals surface area contributed by atoms with Crippen molar-refractivity contribution in [2.24, 2.45) is 0 Å². The van der Waals surface area contributed by atoms with E-state index in [2.05, 4.69) is 59.4 Å². The third-order valence-electron chi connectivity index (χ3n) is 5.34. The van der Waals surface area contributed by atoms with Gasteiger partial charge in [-0.05, 0) is 55.3 Å². The Hall–Kier alpha value is -3.34. The average molecular weight is 386 g/mol. The minimum Gasteiger partial charge on any atom is -0.368 e. The van der Waals surface area contributed by atoms with E-state index in [0.29, 0.717) is 18.8 Å². The van der Waals surface area contributed by atoms with Crippen molar-refractivity contribution in [2.45, 2.75) is 13.8 Å². The molecule has 2 aromatic carbocycles. The van der Waals surface area contributed by atoms with Crippen LogP contribution in [0.3, 0.4) is 0 Å². The van der Waals surface area contributed by atoms with Crippen LogP contribution in [0.4, 0.5) is 17.1 Å². The number of pyridine rings is 1. The maximum absolute atomic E-state index is 13.0. The topological polar surface area (TPSA) is 48.5 Å². The van der Waals surface area contributed by atoms with Gasteiger partial charge in [-0.15, -0.1) is 0 Å². The van der Waals surface area contributed by atoms with E-state index in [9.17, 15) is 4.79 Å². The SMILES string of the molecule is Cc1ccc(C)c(Nc2ccnc(C(=O)N3CCN(c4ccccc4)CC3)c2)c1. The summed E-state index contributed by atoms with van der Waals surface area (Å²) in [4.78, 5) is 21.5. The van der Waals surface area contributed by atoms with Gasteiger partial charge < -0.3 is 15.1 Å². The molecule has 0 spiro atoms. The second-order valence-electron chi connectivity index (χ2n) is 7.49. The molecule has 1 saturated heterocycles. The Balaban J connectivity index is 1.43. The molecule has 1 amide bonds. The van der Waals surface area contributed by atoms with Crippen LogP contribution in [0.1, 0.15) is 21.6 Å². The van der Waals surface area contributed by atoms with Crippen molar-refractivity contribution in [2.75, 3.05) is 36.4 Å². The number of aryl methyl sites for hydroxylation is 2. The second kappa shape index (κ2) is 8.35. The molecule has 2 heterocycles. The van der Waals surface area contributed by atoms with Crippen LogP contribution in [0, 0.1) is 13.8 Å². The number of para-hydroxylation sites is 1. The van der Waals surface area contributed by atoms with Gasteiger partial charge in [0.05, 0.1) is 0 Å². The highest BCUT2D eigenvalue weighted by molar-refractivity contribution is 5.93. The number of piperazine rings is 1. The number of benzene rings is 2.